The smallest absolute Gasteiger partial charge is 0.222 e. The minimum Gasteiger partial charge on any atom is -0.399 e. The number of carbonyl (C=O) groups excluding carboxylic acids is 1. The molecule has 0 saturated carbocycles. The van der Waals surface area contributed by atoms with Gasteiger partial charge in [-0.2, -0.15) is 0 Å². The van der Waals surface area contributed by atoms with Crippen molar-refractivity contribution in [3.05, 3.63) is 29.8 Å². The molecule has 4 N–H and O–H groups in total. The second-order valence-electron chi connectivity index (χ2n) is 4.50. The maximum Gasteiger partial charge on any atom is 0.222 e. The number of primary amides is 1. The molecule has 2 rings (SSSR count). The summed E-state index contributed by atoms with van der Waals surface area (Å²) in [6.45, 7) is 1.61. The molecule has 1 aliphatic heterocycles. The van der Waals surface area contributed by atoms with Gasteiger partial charge in [-0.1, -0.05) is 12.1 Å². The van der Waals surface area contributed by atoms with Gasteiger partial charge in [0.1, 0.15) is 0 Å². The van der Waals surface area contributed by atoms with E-state index in [1.54, 1.807) is 0 Å². The van der Waals surface area contributed by atoms with E-state index in [4.69, 9.17) is 11.5 Å². The van der Waals surface area contributed by atoms with Crippen molar-refractivity contribution in [2.45, 2.75) is 5.92 Å². The Morgan fingerprint density at radius 3 is 2.50 bits per heavy atom. The van der Waals surface area contributed by atoms with Crippen molar-refractivity contribution < 1.29 is 4.79 Å². The molecule has 1 amide bonds. The molecule has 4 nitrogen and oxygen atoms in total. The Balaban J connectivity index is 2.25. The average Bonchev–Trinajstić information content (AvgIpc) is 2.61. The number of likely N-dealkylation sites (tertiary alicyclic amines) is 1. The Kier molecular flexibility index (Phi) is 2.83. The first-order chi connectivity index (χ1) is 7.58. The predicted molar refractivity (Wildman–Crippen MR) is 63.8 cm³/mol. The fraction of sp³-hybridized carbons (Fsp3) is 0.417. The van der Waals surface area contributed by atoms with E-state index < -0.39 is 0 Å². The third-order valence-corrected chi connectivity index (χ3v) is 3.23. The molecule has 1 aromatic rings. The van der Waals surface area contributed by atoms with Crippen LogP contribution in [0.25, 0.3) is 0 Å². The van der Waals surface area contributed by atoms with Crippen LogP contribution < -0.4 is 11.5 Å². The number of carbonyl (C=O) groups is 1. The first kappa shape index (κ1) is 11.0. The Bertz CT molecular complexity index is 388. The Labute approximate surface area is 95.2 Å². The number of hydrogen-bond acceptors (Lipinski definition) is 3. The fourth-order valence-corrected chi connectivity index (χ4v) is 2.37. The van der Waals surface area contributed by atoms with Gasteiger partial charge < -0.3 is 16.4 Å². The molecule has 1 saturated heterocycles. The number of benzene rings is 1. The molecule has 1 heterocycles. The summed E-state index contributed by atoms with van der Waals surface area (Å²) < 4.78 is 0. The molecule has 0 spiro atoms. The van der Waals surface area contributed by atoms with Gasteiger partial charge in [0.25, 0.3) is 0 Å². The number of hydrogen-bond donors (Lipinski definition) is 2. The van der Waals surface area contributed by atoms with Gasteiger partial charge in [0.15, 0.2) is 0 Å². The standard InChI is InChI=1S/C12H17N3O/c1-15-6-10(11(7-15)12(14)16)8-2-4-9(13)5-3-8/h2-5,10-11H,6-7,13H2,1H3,(H2,14,16)/t10-,11-/m0/s1. The topological polar surface area (TPSA) is 72.3 Å². The molecule has 1 aromatic carbocycles. The summed E-state index contributed by atoms with van der Waals surface area (Å²) in [6.07, 6.45) is 0. The highest BCUT2D eigenvalue weighted by Gasteiger charge is 2.35. The summed E-state index contributed by atoms with van der Waals surface area (Å²) in [4.78, 5) is 13.5. The van der Waals surface area contributed by atoms with Crippen LogP contribution in [-0.2, 0) is 4.79 Å². The van der Waals surface area contributed by atoms with E-state index in [1.807, 2.05) is 31.3 Å². The van der Waals surface area contributed by atoms with Crippen molar-refractivity contribution in [1.29, 1.82) is 0 Å². The van der Waals surface area contributed by atoms with Crippen LogP contribution in [-0.4, -0.2) is 30.9 Å². The van der Waals surface area contributed by atoms with Gasteiger partial charge in [0.05, 0.1) is 5.92 Å². The van der Waals surface area contributed by atoms with Gasteiger partial charge in [-0.3, -0.25) is 4.79 Å². The van der Waals surface area contributed by atoms with E-state index in [9.17, 15) is 4.79 Å². The van der Waals surface area contributed by atoms with Gasteiger partial charge in [-0.25, -0.2) is 0 Å². The number of likely N-dealkylation sites (N-methyl/N-ethyl adjacent to an activating group) is 1. The van der Waals surface area contributed by atoms with Crippen LogP contribution in [0.2, 0.25) is 0 Å². The maximum atomic E-state index is 11.4. The molecular weight excluding hydrogens is 202 g/mol. The zero-order valence-corrected chi connectivity index (χ0v) is 9.39. The minimum atomic E-state index is -0.217. The summed E-state index contributed by atoms with van der Waals surface area (Å²) in [6, 6.07) is 7.70. The van der Waals surface area contributed by atoms with Crippen molar-refractivity contribution in [2.75, 3.05) is 25.9 Å². The molecule has 4 heteroatoms. The summed E-state index contributed by atoms with van der Waals surface area (Å²) in [5.74, 6) is -0.108. The summed E-state index contributed by atoms with van der Waals surface area (Å²) in [7, 11) is 2.01. The monoisotopic (exact) mass is 219 g/mol. The van der Waals surface area contributed by atoms with Gasteiger partial charge in [0.2, 0.25) is 5.91 Å². The molecular formula is C12H17N3O. The lowest BCUT2D eigenvalue weighted by atomic mass is 9.88. The third-order valence-electron chi connectivity index (χ3n) is 3.23. The van der Waals surface area contributed by atoms with Crippen LogP contribution in [0.1, 0.15) is 11.5 Å². The number of nitrogens with zero attached hydrogens (tertiary/aromatic N) is 1. The van der Waals surface area contributed by atoms with E-state index in [-0.39, 0.29) is 17.7 Å². The molecule has 86 valence electrons. The third kappa shape index (κ3) is 2.02. The Morgan fingerprint density at radius 2 is 1.94 bits per heavy atom. The first-order valence-electron chi connectivity index (χ1n) is 5.41. The van der Waals surface area contributed by atoms with Crippen LogP contribution in [0.4, 0.5) is 5.69 Å². The zero-order valence-electron chi connectivity index (χ0n) is 9.39. The normalized spacial score (nSPS) is 25.8. The Hall–Kier alpha value is -1.55. The van der Waals surface area contributed by atoms with Crippen molar-refractivity contribution >= 4 is 11.6 Å². The quantitative estimate of drug-likeness (QED) is 0.707. The van der Waals surface area contributed by atoms with Crippen molar-refractivity contribution in [3.8, 4) is 0 Å². The van der Waals surface area contributed by atoms with Crippen molar-refractivity contribution in [1.82, 2.24) is 4.90 Å². The van der Waals surface area contributed by atoms with Crippen molar-refractivity contribution in [2.24, 2.45) is 11.7 Å². The predicted octanol–water partition coefficient (Wildman–Crippen LogP) is 0.399. The highest BCUT2D eigenvalue weighted by Crippen LogP contribution is 2.31. The first-order valence-corrected chi connectivity index (χ1v) is 5.41. The van der Waals surface area contributed by atoms with E-state index in [0.29, 0.717) is 0 Å². The Morgan fingerprint density at radius 1 is 1.31 bits per heavy atom. The molecule has 0 aliphatic carbocycles. The van der Waals surface area contributed by atoms with Crippen molar-refractivity contribution in [3.63, 3.8) is 0 Å². The van der Waals surface area contributed by atoms with Gasteiger partial charge >= 0.3 is 0 Å². The lowest BCUT2D eigenvalue weighted by Crippen LogP contribution is -2.28. The summed E-state index contributed by atoms with van der Waals surface area (Å²) >= 11 is 0. The lowest BCUT2D eigenvalue weighted by Gasteiger charge is -2.15. The summed E-state index contributed by atoms with van der Waals surface area (Å²) in [5.41, 5.74) is 13.0. The maximum absolute atomic E-state index is 11.4. The van der Waals surface area contributed by atoms with Gasteiger partial charge in [0, 0.05) is 24.7 Å². The molecule has 16 heavy (non-hydrogen) atoms. The number of nitrogen functional groups attached to an aromatic ring is 1. The fourth-order valence-electron chi connectivity index (χ4n) is 2.37. The number of rotatable bonds is 2. The van der Waals surface area contributed by atoms with Crippen LogP contribution >= 0.6 is 0 Å². The van der Waals surface area contributed by atoms with Crippen LogP contribution in [0.5, 0.6) is 0 Å². The second kappa shape index (κ2) is 4.14. The SMILES string of the molecule is CN1C[C@H](C(N)=O)[C@H](c2ccc(N)cc2)C1. The summed E-state index contributed by atoms with van der Waals surface area (Å²) in [5, 5.41) is 0. The number of amides is 1. The zero-order chi connectivity index (χ0) is 11.7. The highest BCUT2D eigenvalue weighted by molar-refractivity contribution is 5.78. The van der Waals surface area contributed by atoms with E-state index in [2.05, 4.69) is 4.90 Å². The molecule has 0 unspecified atom stereocenters. The van der Waals surface area contributed by atoms with Crippen LogP contribution in [0, 0.1) is 5.92 Å². The molecule has 0 radical (unpaired) electrons. The minimum absolute atomic E-state index is 0.0892. The van der Waals surface area contributed by atoms with E-state index in [1.165, 1.54) is 0 Å². The number of nitrogens with two attached hydrogens (primary N) is 2. The second-order valence-corrected chi connectivity index (χ2v) is 4.50. The lowest BCUT2D eigenvalue weighted by molar-refractivity contribution is -0.121. The van der Waals surface area contributed by atoms with E-state index >= 15 is 0 Å². The van der Waals surface area contributed by atoms with Crippen LogP contribution in [0.15, 0.2) is 24.3 Å². The molecule has 1 fully saturated rings. The van der Waals surface area contributed by atoms with Gasteiger partial charge in [-0.05, 0) is 24.7 Å². The van der Waals surface area contributed by atoms with E-state index in [0.717, 1.165) is 24.3 Å². The highest BCUT2D eigenvalue weighted by atomic mass is 16.1. The largest absolute Gasteiger partial charge is 0.399 e. The molecule has 0 aromatic heterocycles. The number of anilines is 1. The van der Waals surface area contributed by atoms with Crippen LogP contribution in [0.3, 0.4) is 0 Å². The average molecular weight is 219 g/mol. The molecule has 1 aliphatic rings. The van der Waals surface area contributed by atoms with Gasteiger partial charge in [-0.15, -0.1) is 0 Å². The molecule has 2 atom stereocenters. The molecule has 0 bridgehead atoms.